The second-order valence-electron chi connectivity index (χ2n) is 6.78. The zero-order valence-corrected chi connectivity index (χ0v) is 18.0. The fourth-order valence-corrected chi connectivity index (χ4v) is 2.34. The minimum Gasteiger partial charge on any atom is -0.492 e. The number of ether oxygens (including phenoxy) is 3. The van der Waals surface area contributed by atoms with Gasteiger partial charge in [-0.05, 0) is 64.1 Å². The molecule has 8 nitrogen and oxygen atoms in total. The first kappa shape index (κ1) is 25.0. The monoisotopic (exact) mass is 424 g/mol. The highest BCUT2D eigenvalue weighted by atomic mass is 16.5. The van der Waals surface area contributed by atoms with E-state index in [1.165, 1.54) is 31.4 Å². The van der Waals surface area contributed by atoms with Gasteiger partial charge in [0, 0.05) is 0 Å². The highest BCUT2D eigenvalue weighted by molar-refractivity contribution is 5.91. The largest absolute Gasteiger partial charge is 0.492 e. The van der Waals surface area contributed by atoms with Crippen LogP contribution in [0.15, 0.2) is 36.4 Å². The zero-order chi connectivity index (χ0) is 23.6. The molecule has 0 aliphatic carbocycles. The fraction of sp³-hybridized carbons (Fsp3) is 0.304. The van der Waals surface area contributed by atoms with E-state index in [-0.39, 0.29) is 23.5 Å². The van der Waals surface area contributed by atoms with Crippen LogP contribution in [0, 0.1) is 13.1 Å². The molecule has 31 heavy (non-hydrogen) atoms. The normalized spacial score (nSPS) is 9.71. The van der Waals surface area contributed by atoms with Gasteiger partial charge in [-0.2, -0.15) is 0 Å². The minimum atomic E-state index is -1.06. The maximum absolute atomic E-state index is 11.3. The van der Waals surface area contributed by atoms with E-state index in [2.05, 4.69) is 14.4 Å². The van der Waals surface area contributed by atoms with Crippen molar-refractivity contribution < 1.29 is 28.9 Å². The van der Waals surface area contributed by atoms with Gasteiger partial charge in [-0.25, -0.2) is 19.3 Å². The standard InChI is InChI=1S/C12H13NO3.C11H11NO3/c1-8(2)16-11-6-9(12(14)15-4)5-10(7-11)13-3;1-7(2)15-10-5-8(11(13)14)4-9(6-10)12-3/h5-8H,1-2,4H3;4-7H,1-2H3,(H,13,14). The number of nitrogens with zero attached hydrogens (tertiary/aromatic N) is 2. The van der Waals surface area contributed by atoms with Gasteiger partial charge < -0.3 is 19.3 Å². The van der Waals surface area contributed by atoms with Crippen LogP contribution in [0.25, 0.3) is 9.69 Å². The molecule has 0 saturated carbocycles. The third-order valence-electron chi connectivity index (χ3n) is 3.45. The Balaban J connectivity index is 0.000000311. The van der Waals surface area contributed by atoms with Gasteiger partial charge >= 0.3 is 11.9 Å². The van der Waals surface area contributed by atoms with E-state index in [4.69, 9.17) is 27.7 Å². The van der Waals surface area contributed by atoms with Gasteiger partial charge in [0.1, 0.15) is 11.5 Å². The van der Waals surface area contributed by atoms with Crippen LogP contribution in [0.2, 0.25) is 0 Å². The number of rotatable bonds is 6. The molecule has 0 aliphatic rings. The first-order valence-corrected chi connectivity index (χ1v) is 9.29. The predicted molar refractivity (Wildman–Crippen MR) is 115 cm³/mol. The molecular formula is C23H24N2O6. The average Bonchev–Trinajstić information content (AvgIpc) is 2.71. The van der Waals surface area contributed by atoms with E-state index in [1.807, 2.05) is 27.7 Å². The van der Waals surface area contributed by atoms with Crippen molar-refractivity contribution in [2.45, 2.75) is 39.9 Å². The van der Waals surface area contributed by atoms with Crippen molar-refractivity contribution in [3.05, 3.63) is 70.4 Å². The predicted octanol–water partition coefficient (Wildman–Crippen LogP) is 5.53. The number of methoxy groups -OCH3 is 1. The second kappa shape index (κ2) is 11.8. The van der Waals surface area contributed by atoms with Crippen molar-refractivity contribution in [3.8, 4) is 11.5 Å². The molecule has 0 aromatic heterocycles. The van der Waals surface area contributed by atoms with E-state index in [1.54, 1.807) is 12.1 Å². The lowest BCUT2D eigenvalue weighted by atomic mass is 10.2. The van der Waals surface area contributed by atoms with E-state index < -0.39 is 11.9 Å². The molecule has 0 atom stereocenters. The Hall–Kier alpha value is -4.04. The molecule has 1 N–H and O–H groups in total. The first-order valence-electron chi connectivity index (χ1n) is 9.29. The quantitative estimate of drug-likeness (QED) is 0.484. The van der Waals surface area contributed by atoms with Gasteiger partial charge in [0.15, 0.2) is 11.4 Å². The second-order valence-corrected chi connectivity index (χ2v) is 6.78. The molecular weight excluding hydrogens is 400 g/mol. The smallest absolute Gasteiger partial charge is 0.336 e. The fourth-order valence-electron chi connectivity index (χ4n) is 2.34. The number of carbonyl (C=O) groups excluding carboxylic acids is 1. The molecule has 162 valence electrons. The van der Waals surface area contributed by atoms with Crippen LogP contribution in [0.4, 0.5) is 11.4 Å². The van der Waals surface area contributed by atoms with Gasteiger partial charge in [0.25, 0.3) is 0 Å². The summed E-state index contributed by atoms with van der Waals surface area (Å²) in [6.07, 6.45) is -0.0564. The Labute approximate surface area is 181 Å². The summed E-state index contributed by atoms with van der Waals surface area (Å²) >= 11 is 0. The van der Waals surface area contributed by atoms with Crippen LogP contribution in [0.3, 0.4) is 0 Å². The molecule has 0 bridgehead atoms. The summed E-state index contributed by atoms with van der Waals surface area (Å²) < 4.78 is 15.4. The van der Waals surface area contributed by atoms with Crippen molar-refractivity contribution in [2.75, 3.05) is 7.11 Å². The molecule has 0 unspecified atom stereocenters. The Bertz CT molecular complexity index is 1020. The van der Waals surface area contributed by atoms with Crippen LogP contribution in [-0.2, 0) is 4.74 Å². The number of carbonyl (C=O) groups is 2. The number of esters is 1. The maximum Gasteiger partial charge on any atom is 0.336 e. The lowest BCUT2D eigenvalue weighted by Gasteiger charge is -2.11. The SMILES string of the molecule is [C-]#[N+]c1cc(OC(C)C)cc(C(=O)O)c1.[C-]#[N+]c1cc(OC(C)C)cc(C(=O)OC)c1. The van der Waals surface area contributed by atoms with Gasteiger partial charge in [0.05, 0.1) is 43.6 Å². The van der Waals surface area contributed by atoms with Crippen LogP contribution >= 0.6 is 0 Å². The number of carboxylic acids is 1. The van der Waals surface area contributed by atoms with E-state index in [9.17, 15) is 9.59 Å². The van der Waals surface area contributed by atoms with Crippen LogP contribution in [-0.4, -0.2) is 36.4 Å². The molecule has 0 fully saturated rings. The summed E-state index contributed by atoms with van der Waals surface area (Å²) in [6, 6.07) is 8.91. The summed E-state index contributed by atoms with van der Waals surface area (Å²) in [5.74, 6) is -0.618. The third kappa shape index (κ3) is 8.46. The van der Waals surface area contributed by atoms with Crippen LogP contribution < -0.4 is 9.47 Å². The first-order chi connectivity index (χ1) is 14.6. The molecule has 0 amide bonds. The third-order valence-corrected chi connectivity index (χ3v) is 3.45. The summed E-state index contributed by atoms with van der Waals surface area (Å²) in [6.45, 7) is 21.2. The number of benzene rings is 2. The molecule has 2 aromatic carbocycles. The van der Waals surface area contributed by atoms with Gasteiger partial charge in [-0.15, -0.1) is 0 Å². The average molecular weight is 424 g/mol. The van der Waals surface area contributed by atoms with Gasteiger partial charge in [-0.1, -0.05) is 0 Å². The number of hydrogen-bond acceptors (Lipinski definition) is 5. The molecule has 0 heterocycles. The highest BCUT2D eigenvalue weighted by Gasteiger charge is 2.10. The van der Waals surface area contributed by atoms with Crippen LogP contribution in [0.5, 0.6) is 11.5 Å². The van der Waals surface area contributed by atoms with Crippen molar-refractivity contribution in [3.63, 3.8) is 0 Å². The Kier molecular flexibility index (Phi) is 9.55. The van der Waals surface area contributed by atoms with Crippen molar-refractivity contribution in [2.24, 2.45) is 0 Å². The summed E-state index contributed by atoms with van der Waals surface area (Å²) in [5.41, 5.74) is 1.02. The summed E-state index contributed by atoms with van der Waals surface area (Å²) in [7, 11) is 1.30. The molecule has 0 radical (unpaired) electrons. The molecule has 2 rings (SSSR count). The van der Waals surface area contributed by atoms with Crippen molar-refractivity contribution >= 4 is 23.3 Å². The summed E-state index contributed by atoms with van der Waals surface area (Å²) in [4.78, 5) is 28.6. The van der Waals surface area contributed by atoms with Crippen molar-refractivity contribution in [1.82, 2.24) is 0 Å². The number of carboxylic acid groups (broad SMARTS) is 1. The summed E-state index contributed by atoms with van der Waals surface area (Å²) in [5, 5.41) is 8.80. The number of aromatic carboxylic acids is 1. The Morgan fingerprint density at radius 1 is 0.806 bits per heavy atom. The van der Waals surface area contributed by atoms with E-state index in [0.29, 0.717) is 22.7 Å². The zero-order valence-electron chi connectivity index (χ0n) is 18.0. The van der Waals surface area contributed by atoms with Gasteiger partial charge in [0.2, 0.25) is 0 Å². The molecule has 0 spiro atoms. The highest BCUT2D eigenvalue weighted by Crippen LogP contribution is 2.25. The van der Waals surface area contributed by atoms with Crippen molar-refractivity contribution in [1.29, 1.82) is 0 Å². The van der Waals surface area contributed by atoms with Gasteiger partial charge in [-0.3, -0.25) is 0 Å². The Morgan fingerprint density at radius 2 is 1.23 bits per heavy atom. The van der Waals surface area contributed by atoms with Crippen LogP contribution in [0.1, 0.15) is 48.4 Å². The van der Waals surface area contributed by atoms with E-state index in [0.717, 1.165) is 0 Å². The molecule has 2 aromatic rings. The molecule has 0 aliphatic heterocycles. The lowest BCUT2D eigenvalue weighted by Crippen LogP contribution is -2.07. The molecule has 8 heteroatoms. The minimum absolute atomic E-state index is 0.00789. The maximum atomic E-state index is 11.3. The number of hydrogen-bond donors (Lipinski definition) is 1. The molecule has 0 saturated heterocycles. The Morgan fingerprint density at radius 3 is 1.58 bits per heavy atom. The van der Waals surface area contributed by atoms with E-state index >= 15 is 0 Å². The lowest BCUT2D eigenvalue weighted by molar-refractivity contribution is 0.0599. The topological polar surface area (TPSA) is 90.8 Å².